The van der Waals surface area contributed by atoms with E-state index in [-0.39, 0.29) is 11.9 Å². The minimum Gasteiger partial charge on any atom is -0.494 e. The van der Waals surface area contributed by atoms with Gasteiger partial charge < -0.3 is 14.3 Å². The fourth-order valence-electron chi connectivity index (χ4n) is 4.01. The Labute approximate surface area is 190 Å². The fraction of sp³-hybridized carbons (Fsp3) is 0.348. The molecule has 1 saturated heterocycles. The van der Waals surface area contributed by atoms with Crippen LogP contribution in [-0.4, -0.2) is 38.9 Å². The zero-order valence-corrected chi connectivity index (χ0v) is 18.7. The van der Waals surface area contributed by atoms with Gasteiger partial charge in [0.1, 0.15) is 21.6 Å². The zero-order valence-electron chi connectivity index (χ0n) is 17.1. The molecule has 31 heavy (non-hydrogen) atoms. The van der Waals surface area contributed by atoms with Crippen molar-refractivity contribution in [3.05, 3.63) is 47.1 Å². The van der Waals surface area contributed by atoms with Gasteiger partial charge in [-0.25, -0.2) is 0 Å². The first kappa shape index (κ1) is 21.6. The minimum absolute atomic E-state index is 0.163. The lowest BCUT2D eigenvalue weighted by Crippen LogP contribution is -2.42. The van der Waals surface area contributed by atoms with Crippen molar-refractivity contribution in [2.24, 2.45) is 5.92 Å². The first-order valence-corrected chi connectivity index (χ1v) is 11.5. The van der Waals surface area contributed by atoms with Crippen molar-refractivity contribution < 1.29 is 23.8 Å². The van der Waals surface area contributed by atoms with Crippen molar-refractivity contribution >= 4 is 46.3 Å². The van der Waals surface area contributed by atoms with E-state index in [1.165, 1.54) is 11.8 Å². The van der Waals surface area contributed by atoms with E-state index in [1.54, 1.807) is 11.0 Å². The number of furan rings is 1. The monoisotopic (exact) mass is 457 g/mol. The van der Waals surface area contributed by atoms with Crippen molar-refractivity contribution in [1.29, 1.82) is 0 Å². The maximum Gasteiger partial charge on any atom is 0.306 e. The molecule has 2 heterocycles. The summed E-state index contributed by atoms with van der Waals surface area (Å²) in [5.41, 5.74) is 0.914. The molecule has 0 bridgehead atoms. The van der Waals surface area contributed by atoms with Crippen molar-refractivity contribution in [2.45, 2.75) is 38.6 Å². The molecule has 1 aromatic heterocycles. The van der Waals surface area contributed by atoms with Crippen LogP contribution in [0.2, 0.25) is 0 Å². The van der Waals surface area contributed by atoms with Crippen molar-refractivity contribution in [3.63, 3.8) is 0 Å². The Morgan fingerprint density at radius 3 is 2.77 bits per heavy atom. The van der Waals surface area contributed by atoms with Gasteiger partial charge in [0, 0.05) is 17.7 Å². The molecule has 1 amide bonds. The molecule has 1 aliphatic carbocycles. The van der Waals surface area contributed by atoms with E-state index in [0.717, 1.165) is 24.2 Å². The zero-order chi connectivity index (χ0) is 22.0. The molecule has 0 spiro atoms. The Kier molecular flexibility index (Phi) is 6.48. The van der Waals surface area contributed by atoms with Gasteiger partial charge in [0.25, 0.3) is 5.91 Å². The van der Waals surface area contributed by atoms with E-state index in [0.29, 0.717) is 40.2 Å². The van der Waals surface area contributed by atoms with E-state index < -0.39 is 11.9 Å². The summed E-state index contributed by atoms with van der Waals surface area (Å²) in [6.45, 7) is 2.55. The summed E-state index contributed by atoms with van der Waals surface area (Å²) in [4.78, 5) is 26.5. The van der Waals surface area contributed by atoms with E-state index in [9.17, 15) is 14.7 Å². The van der Waals surface area contributed by atoms with Gasteiger partial charge in [-0.3, -0.25) is 14.5 Å². The molecule has 4 rings (SSSR count). The molecule has 2 aliphatic rings. The summed E-state index contributed by atoms with van der Waals surface area (Å²) in [6, 6.07) is 11.1. The van der Waals surface area contributed by atoms with E-state index in [2.05, 4.69) is 0 Å². The number of hydrogen-bond acceptors (Lipinski definition) is 6. The molecule has 1 saturated carbocycles. The van der Waals surface area contributed by atoms with Crippen LogP contribution in [0.15, 0.2) is 45.7 Å². The Bertz CT molecular complexity index is 1030. The van der Waals surface area contributed by atoms with Gasteiger partial charge in [0.15, 0.2) is 0 Å². The molecule has 2 aromatic rings. The Balaban J connectivity index is 1.49. The number of rotatable bonds is 6. The normalized spacial score (nSPS) is 22.9. The number of amides is 1. The number of carboxylic acid groups (broad SMARTS) is 1. The number of carbonyl (C=O) groups is 2. The van der Waals surface area contributed by atoms with Crippen LogP contribution in [-0.2, 0) is 9.59 Å². The van der Waals surface area contributed by atoms with Crippen LogP contribution in [0.4, 0.5) is 0 Å². The molecule has 0 radical (unpaired) electrons. The molecule has 2 unspecified atom stereocenters. The number of aliphatic carboxylic acids is 1. The van der Waals surface area contributed by atoms with Gasteiger partial charge >= 0.3 is 5.97 Å². The second kappa shape index (κ2) is 9.28. The third-order valence-corrected chi connectivity index (χ3v) is 6.86. The number of ether oxygens (including phenoxy) is 1. The molecule has 1 aliphatic heterocycles. The van der Waals surface area contributed by atoms with Crippen LogP contribution in [0.3, 0.4) is 0 Å². The van der Waals surface area contributed by atoms with Crippen LogP contribution in [0.1, 0.15) is 38.4 Å². The average molecular weight is 458 g/mol. The first-order chi connectivity index (χ1) is 15.0. The molecule has 2 fully saturated rings. The summed E-state index contributed by atoms with van der Waals surface area (Å²) >= 11 is 6.69. The largest absolute Gasteiger partial charge is 0.494 e. The van der Waals surface area contributed by atoms with Gasteiger partial charge in [0.05, 0.1) is 17.4 Å². The third-order valence-electron chi connectivity index (χ3n) is 5.53. The second-order valence-electron chi connectivity index (χ2n) is 7.57. The number of carboxylic acids is 1. The summed E-state index contributed by atoms with van der Waals surface area (Å²) in [5.74, 6) is 0.662. The third kappa shape index (κ3) is 4.70. The molecule has 1 aromatic carbocycles. The van der Waals surface area contributed by atoms with Crippen molar-refractivity contribution in [2.75, 3.05) is 6.61 Å². The number of carbonyl (C=O) groups excluding carboxylic acids is 1. The Morgan fingerprint density at radius 1 is 1.29 bits per heavy atom. The molecule has 8 heteroatoms. The van der Waals surface area contributed by atoms with E-state index in [1.807, 2.05) is 43.3 Å². The summed E-state index contributed by atoms with van der Waals surface area (Å²) in [7, 11) is 0. The van der Waals surface area contributed by atoms with Gasteiger partial charge in [-0.1, -0.05) is 30.4 Å². The highest BCUT2D eigenvalue weighted by Crippen LogP contribution is 2.39. The van der Waals surface area contributed by atoms with E-state index in [4.69, 9.17) is 21.4 Å². The number of hydrogen-bond donors (Lipinski definition) is 1. The van der Waals surface area contributed by atoms with Crippen LogP contribution < -0.4 is 4.74 Å². The highest BCUT2D eigenvalue weighted by atomic mass is 32.2. The fourth-order valence-corrected chi connectivity index (χ4v) is 5.39. The van der Waals surface area contributed by atoms with Crippen LogP contribution in [0.25, 0.3) is 17.4 Å². The van der Waals surface area contributed by atoms with Gasteiger partial charge in [-0.05, 0) is 62.6 Å². The molecular formula is C23H23NO5S2. The predicted molar refractivity (Wildman–Crippen MR) is 124 cm³/mol. The smallest absolute Gasteiger partial charge is 0.306 e. The number of nitrogens with zero attached hydrogens (tertiary/aromatic N) is 1. The maximum absolute atomic E-state index is 13.0. The highest BCUT2D eigenvalue weighted by Gasteiger charge is 2.40. The lowest BCUT2D eigenvalue weighted by molar-refractivity contribution is -0.144. The Hall–Kier alpha value is -2.58. The lowest BCUT2D eigenvalue weighted by Gasteiger charge is -2.32. The van der Waals surface area contributed by atoms with Crippen LogP contribution >= 0.6 is 24.0 Å². The molecule has 2 atom stereocenters. The standard InChI is InChI=1S/C23H23NO5S2/c1-2-28-17-8-6-14(7-9-17)19-11-10-18(29-19)13-20-21(25)24(23(30)31-20)16-5-3-4-15(12-16)22(26)27/h6-11,13,15-16H,2-5,12H2,1H3,(H,26,27)/b20-13+. The Morgan fingerprint density at radius 2 is 2.06 bits per heavy atom. The molecule has 6 nitrogen and oxygen atoms in total. The highest BCUT2D eigenvalue weighted by molar-refractivity contribution is 8.26. The van der Waals surface area contributed by atoms with Crippen molar-refractivity contribution in [3.8, 4) is 17.1 Å². The van der Waals surface area contributed by atoms with Gasteiger partial charge in [-0.2, -0.15) is 0 Å². The molecular weight excluding hydrogens is 434 g/mol. The second-order valence-corrected chi connectivity index (χ2v) is 9.24. The minimum atomic E-state index is -0.803. The number of thioether (sulfide) groups is 1. The maximum atomic E-state index is 13.0. The van der Waals surface area contributed by atoms with Gasteiger partial charge in [0.2, 0.25) is 0 Å². The number of benzene rings is 1. The summed E-state index contributed by atoms with van der Waals surface area (Å²) in [5, 5.41) is 9.34. The topological polar surface area (TPSA) is 80.0 Å². The first-order valence-electron chi connectivity index (χ1n) is 10.3. The van der Waals surface area contributed by atoms with Crippen molar-refractivity contribution in [1.82, 2.24) is 4.90 Å². The van der Waals surface area contributed by atoms with E-state index >= 15 is 0 Å². The molecule has 162 valence electrons. The SMILES string of the molecule is CCOc1ccc(-c2ccc(/C=C3/SC(=S)N(C4CCCC(C(=O)O)C4)C3=O)o2)cc1. The quantitative estimate of drug-likeness (QED) is 0.472. The predicted octanol–water partition coefficient (Wildman–Crippen LogP) is 5.19. The van der Waals surface area contributed by atoms with Gasteiger partial charge in [-0.15, -0.1) is 0 Å². The summed E-state index contributed by atoms with van der Waals surface area (Å²) in [6.07, 6.45) is 4.34. The number of thiocarbonyl (C=S) groups is 1. The average Bonchev–Trinajstić information content (AvgIpc) is 3.33. The van der Waals surface area contributed by atoms with Crippen LogP contribution in [0.5, 0.6) is 5.75 Å². The molecule has 1 N–H and O–H groups in total. The van der Waals surface area contributed by atoms with Crippen LogP contribution in [0, 0.1) is 5.92 Å². The summed E-state index contributed by atoms with van der Waals surface area (Å²) < 4.78 is 11.9. The lowest BCUT2D eigenvalue weighted by atomic mass is 9.85.